The molecule has 0 bridgehead atoms. The van der Waals surface area contributed by atoms with Crippen LogP contribution in [0.2, 0.25) is 0 Å². The summed E-state index contributed by atoms with van der Waals surface area (Å²) in [5.41, 5.74) is 0. The zero-order valence-corrected chi connectivity index (χ0v) is 12.5. The molecule has 0 aliphatic heterocycles. The molecular formula is C17H22O4. The van der Waals surface area contributed by atoms with E-state index in [4.69, 9.17) is 4.42 Å². The summed E-state index contributed by atoms with van der Waals surface area (Å²) in [5.74, 6) is 1.50. The Morgan fingerprint density at radius 3 is 2.52 bits per heavy atom. The highest BCUT2D eigenvalue weighted by molar-refractivity contribution is 5.97. The van der Waals surface area contributed by atoms with E-state index in [1.807, 2.05) is 0 Å². The van der Waals surface area contributed by atoms with Crippen LogP contribution in [0.15, 0.2) is 16.5 Å². The van der Waals surface area contributed by atoms with Crippen LogP contribution in [0.4, 0.5) is 0 Å². The smallest absolute Gasteiger partial charge is 0.373 e. The molecule has 4 nitrogen and oxygen atoms in total. The fourth-order valence-electron chi connectivity index (χ4n) is 3.99. The lowest BCUT2D eigenvalue weighted by Crippen LogP contribution is -2.31. The van der Waals surface area contributed by atoms with Gasteiger partial charge in [0.15, 0.2) is 5.76 Å². The van der Waals surface area contributed by atoms with Crippen LogP contribution in [0, 0.1) is 17.8 Å². The summed E-state index contributed by atoms with van der Waals surface area (Å²) in [6.07, 6.45) is 8.34. The van der Waals surface area contributed by atoms with Gasteiger partial charge in [0, 0.05) is 5.92 Å². The number of ketones is 1. The minimum absolute atomic E-state index is 0.0502. The second-order valence-corrected chi connectivity index (χ2v) is 6.33. The minimum Gasteiger partial charge on any atom is -0.463 e. The molecule has 2 aliphatic carbocycles. The summed E-state index contributed by atoms with van der Waals surface area (Å²) in [4.78, 5) is 23.9. The lowest BCUT2D eigenvalue weighted by molar-refractivity contribution is 0.0560. The summed E-state index contributed by atoms with van der Waals surface area (Å²) >= 11 is 0. The summed E-state index contributed by atoms with van der Waals surface area (Å²) in [7, 11) is 1.30. The fourth-order valence-corrected chi connectivity index (χ4v) is 3.99. The number of ether oxygens (including phenoxy) is 1. The van der Waals surface area contributed by atoms with Crippen molar-refractivity contribution < 1.29 is 18.7 Å². The first-order chi connectivity index (χ1) is 10.2. The maximum atomic E-state index is 12.6. The van der Waals surface area contributed by atoms with Crippen LogP contribution in [0.5, 0.6) is 0 Å². The van der Waals surface area contributed by atoms with Gasteiger partial charge in [-0.3, -0.25) is 4.79 Å². The molecule has 0 spiro atoms. The Morgan fingerprint density at radius 2 is 1.76 bits per heavy atom. The van der Waals surface area contributed by atoms with Crippen molar-refractivity contribution in [2.45, 2.75) is 44.9 Å². The van der Waals surface area contributed by atoms with Crippen molar-refractivity contribution in [2.75, 3.05) is 7.11 Å². The number of esters is 1. The van der Waals surface area contributed by atoms with Crippen molar-refractivity contribution >= 4 is 11.8 Å². The number of hydrogen-bond donors (Lipinski definition) is 0. The third-order valence-electron chi connectivity index (χ3n) is 5.15. The molecule has 1 aromatic rings. The van der Waals surface area contributed by atoms with E-state index in [0.717, 1.165) is 25.2 Å². The highest BCUT2D eigenvalue weighted by Crippen LogP contribution is 2.43. The van der Waals surface area contributed by atoms with Crippen LogP contribution in [-0.4, -0.2) is 18.9 Å². The van der Waals surface area contributed by atoms with Crippen LogP contribution in [0.1, 0.15) is 66.1 Å². The Morgan fingerprint density at radius 1 is 1.05 bits per heavy atom. The van der Waals surface area contributed by atoms with Gasteiger partial charge in [-0.05, 0) is 43.2 Å². The number of carbonyl (C=O) groups excluding carboxylic acids is 2. The summed E-state index contributed by atoms with van der Waals surface area (Å²) in [5, 5.41) is 0. The highest BCUT2D eigenvalue weighted by atomic mass is 16.5. The van der Waals surface area contributed by atoms with Crippen molar-refractivity contribution in [3.8, 4) is 0 Å². The molecule has 3 unspecified atom stereocenters. The van der Waals surface area contributed by atoms with E-state index in [9.17, 15) is 9.59 Å². The maximum Gasteiger partial charge on any atom is 0.373 e. The van der Waals surface area contributed by atoms with Gasteiger partial charge in [0.05, 0.1) is 7.11 Å². The van der Waals surface area contributed by atoms with Crippen LogP contribution < -0.4 is 0 Å². The third kappa shape index (κ3) is 2.89. The average Bonchev–Trinajstić information content (AvgIpc) is 3.03. The molecular weight excluding hydrogens is 268 g/mol. The number of hydrogen-bond acceptors (Lipinski definition) is 4. The summed E-state index contributed by atoms with van der Waals surface area (Å²) < 4.78 is 9.96. The molecule has 21 heavy (non-hydrogen) atoms. The molecule has 1 heterocycles. The van der Waals surface area contributed by atoms with Gasteiger partial charge in [0.25, 0.3) is 0 Å². The van der Waals surface area contributed by atoms with E-state index >= 15 is 0 Å². The molecule has 1 aromatic heterocycles. The quantitative estimate of drug-likeness (QED) is 0.626. The van der Waals surface area contributed by atoms with Gasteiger partial charge in [-0.2, -0.15) is 0 Å². The van der Waals surface area contributed by atoms with Crippen molar-refractivity contribution in [3.05, 3.63) is 23.7 Å². The largest absolute Gasteiger partial charge is 0.463 e. The summed E-state index contributed by atoms with van der Waals surface area (Å²) in [6.45, 7) is 0. The topological polar surface area (TPSA) is 56.5 Å². The Labute approximate surface area is 124 Å². The monoisotopic (exact) mass is 290 g/mol. The van der Waals surface area contributed by atoms with Crippen LogP contribution in [0.25, 0.3) is 0 Å². The molecule has 0 saturated heterocycles. The van der Waals surface area contributed by atoms with Gasteiger partial charge < -0.3 is 9.15 Å². The molecule has 114 valence electrons. The van der Waals surface area contributed by atoms with E-state index in [2.05, 4.69) is 4.74 Å². The van der Waals surface area contributed by atoms with E-state index < -0.39 is 5.97 Å². The van der Waals surface area contributed by atoms with Gasteiger partial charge in [-0.25, -0.2) is 4.79 Å². The fraction of sp³-hybridized carbons (Fsp3) is 0.647. The zero-order valence-electron chi connectivity index (χ0n) is 12.5. The Kier molecular flexibility index (Phi) is 4.13. The zero-order chi connectivity index (χ0) is 14.8. The van der Waals surface area contributed by atoms with Crippen molar-refractivity contribution in [1.29, 1.82) is 0 Å². The van der Waals surface area contributed by atoms with Crippen molar-refractivity contribution in [3.63, 3.8) is 0 Å². The second-order valence-electron chi connectivity index (χ2n) is 6.33. The molecule has 0 amide bonds. The molecule has 3 atom stereocenters. The van der Waals surface area contributed by atoms with Crippen molar-refractivity contribution in [1.82, 2.24) is 0 Å². The lowest BCUT2D eigenvalue weighted by Gasteiger charge is -2.38. The molecule has 2 fully saturated rings. The van der Waals surface area contributed by atoms with E-state index in [1.54, 1.807) is 6.07 Å². The number of carbonyl (C=O) groups is 2. The predicted molar refractivity (Wildman–Crippen MR) is 77.2 cm³/mol. The number of rotatable bonds is 3. The number of Topliss-reactive ketones (excluding diaryl/α,β-unsaturated/α-hetero) is 1. The molecule has 0 aromatic carbocycles. The van der Waals surface area contributed by atoms with E-state index in [0.29, 0.717) is 11.7 Å². The first-order valence-electron chi connectivity index (χ1n) is 7.91. The average molecular weight is 290 g/mol. The first-order valence-corrected chi connectivity index (χ1v) is 7.91. The first kappa shape index (κ1) is 14.4. The molecule has 0 radical (unpaired) electrons. The molecule has 2 saturated carbocycles. The lowest BCUT2D eigenvalue weighted by atomic mass is 9.66. The SMILES string of the molecule is COC(=O)c1ccc(C(=O)C2CCC3CCCCC3C2)o1. The third-order valence-corrected chi connectivity index (χ3v) is 5.15. The van der Waals surface area contributed by atoms with E-state index in [1.165, 1.54) is 38.9 Å². The van der Waals surface area contributed by atoms with Gasteiger partial charge in [0.1, 0.15) is 0 Å². The predicted octanol–water partition coefficient (Wildman–Crippen LogP) is 3.86. The molecule has 2 aliphatic rings. The highest BCUT2D eigenvalue weighted by Gasteiger charge is 2.36. The molecule has 4 heteroatoms. The van der Waals surface area contributed by atoms with Gasteiger partial charge in [0.2, 0.25) is 11.5 Å². The van der Waals surface area contributed by atoms with Crippen LogP contribution in [-0.2, 0) is 4.74 Å². The van der Waals surface area contributed by atoms with Gasteiger partial charge in [-0.1, -0.05) is 25.7 Å². The standard InChI is InChI=1S/C17H22O4/c1-20-17(19)15-9-8-14(21-15)16(18)13-7-6-11-4-2-3-5-12(11)10-13/h8-9,11-13H,2-7,10H2,1H3. The second kappa shape index (κ2) is 6.04. The number of furan rings is 1. The minimum atomic E-state index is -0.537. The molecule has 3 rings (SSSR count). The summed E-state index contributed by atoms with van der Waals surface area (Å²) in [6, 6.07) is 3.12. The van der Waals surface area contributed by atoms with Crippen LogP contribution in [0.3, 0.4) is 0 Å². The van der Waals surface area contributed by atoms with Gasteiger partial charge in [-0.15, -0.1) is 0 Å². The van der Waals surface area contributed by atoms with Crippen LogP contribution >= 0.6 is 0 Å². The Hall–Kier alpha value is -1.58. The number of fused-ring (bicyclic) bond motifs is 1. The number of methoxy groups -OCH3 is 1. The van der Waals surface area contributed by atoms with Crippen molar-refractivity contribution in [2.24, 2.45) is 17.8 Å². The molecule has 0 N–H and O–H groups in total. The normalized spacial score (nSPS) is 28.7. The maximum absolute atomic E-state index is 12.6. The Balaban J connectivity index is 1.67. The van der Waals surface area contributed by atoms with E-state index in [-0.39, 0.29) is 17.5 Å². The van der Waals surface area contributed by atoms with Gasteiger partial charge >= 0.3 is 5.97 Å². The Bertz CT molecular complexity index is 531.